The van der Waals surface area contributed by atoms with Crippen molar-refractivity contribution >= 4 is 23.0 Å². The van der Waals surface area contributed by atoms with E-state index in [1.807, 2.05) is 0 Å². The molecule has 0 spiro atoms. The van der Waals surface area contributed by atoms with Crippen LogP contribution in [0.25, 0.3) is 0 Å². The Bertz CT molecular complexity index is 382. The number of pyridine rings is 1. The van der Waals surface area contributed by atoms with Crippen molar-refractivity contribution in [2.75, 3.05) is 5.43 Å². The summed E-state index contributed by atoms with van der Waals surface area (Å²) >= 11 is 0. The van der Waals surface area contributed by atoms with Crippen molar-refractivity contribution in [3.05, 3.63) is 24.5 Å². The fourth-order valence-corrected chi connectivity index (χ4v) is 0.955. The first-order valence-corrected chi connectivity index (χ1v) is 4.37. The predicted molar refractivity (Wildman–Crippen MR) is 56.7 cm³/mol. The molecule has 1 rings (SSSR count). The third-order valence-corrected chi connectivity index (χ3v) is 1.63. The molecule has 0 saturated heterocycles. The first-order chi connectivity index (χ1) is 7.11. The van der Waals surface area contributed by atoms with Gasteiger partial charge in [0.2, 0.25) is 0 Å². The number of aromatic nitrogens is 1. The molecule has 1 aromatic heterocycles. The molecule has 0 bridgehead atoms. The minimum atomic E-state index is -0.362. The number of anilines is 1. The minimum absolute atomic E-state index is 0.0983. The summed E-state index contributed by atoms with van der Waals surface area (Å²) in [5.74, 6) is -0.724. The number of nitrogens with one attached hydrogen (secondary N) is 1. The highest BCUT2D eigenvalue weighted by Crippen LogP contribution is 2.02. The lowest BCUT2D eigenvalue weighted by Crippen LogP contribution is -2.20. The van der Waals surface area contributed by atoms with Gasteiger partial charge in [-0.15, -0.1) is 0 Å². The van der Waals surface area contributed by atoms with Crippen molar-refractivity contribution < 1.29 is 9.59 Å². The molecule has 0 aliphatic carbocycles. The maximum Gasteiger partial charge on any atom is 0.183 e. The SMILES string of the molecule is CC(=O)C(=NNc1cccnc1)C(C)=O. The number of carbonyl (C=O) groups is 2. The summed E-state index contributed by atoms with van der Waals surface area (Å²) in [7, 11) is 0. The van der Waals surface area contributed by atoms with Gasteiger partial charge in [0, 0.05) is 20.0 Å². The normalized spacial score (nSPS) is 9.20. The summed E-state index contributed by atoms with van der Waals surface area (Å²) < 4.78 is 0. The van der Waals surface area contributed by atoms with E-state index < -0.39 is 0 Å². The predicted octanol–water partition coefficient (Wildman–Crippen LogP) is 1.03. The second-order valence-corrected chi connectivity index (χ2v) is 2.93. The lowest BCUT2D eigenvalue weighted by molar-refractivity contribution is -0.114. The fraction of sp³-hybridized carbons (Fsp3) is 0.200. The van der Waals surface area contributed by atoms with Crippen LogP contribution in [0.2, 0.25) is 0 Å². The standard InChI is InChI=1S/C10H11N3O2/c1-7(14)10(8(2)15)13-12-9-4-3-5-11-6-9/h3-6,12H,1-2H3. The molecule has 0 unspecified atom stereocenters. The third-order valence-electron chi connectivity index (χ3n) is 1.63. The topological polar surface area (TPSA) is 71.4 Å². The molecule has 0 saturated carbocycles. The molecule has 5 nitrogen and oxygen atoms in total. The van der Waals surface area contributed by atoms with Crippen LogP contribution in [0.5, 0.6) is 0 Å². The van der Waals surface area contributed by atoms with Crippen LogP contribution in [0, 0.1) is 0 Å². The Labute approximate surface area is 87.2 Å². The second kappa shape index (κ2) is 4.99. The minimum Gasteiger partial charge on any atom is -0.293 e. The molecule has 1 heterocycles. The number of hydrogen-bond acceptors (Lipinski definition) is 5. The highest BCUT2D eigenvalue weighted by molar-refractivity contribution is 6.65. The molecule has 15 heavy (non-hydrogen) atoms. The Morgan fingerprint density at radius 1 is 1.33 bits per heavy atom. The van der Waals surface area contributed by atoms with Crippen LogP contribution in [0.3, 0.4) is 0 Å². The first-order valence-electron chi connectivity index (χ1n) is 4.37. The van der Waals surface area contributed by atoms with Gasteiger partial charge in [-0.1, -0.05) is 0 Å². The van der Waals surface area contributed by atoms with E-state index in [2.05, 4.69) is 15.5 Å². The molecule has 5 heteroatoms. The number of hydrazone groups is 1. The lowest BCUT2D eigenvalue weighted by atomic mass is 10.2. The van der Waals surface area contributed by atoms with E-state index in [0.717, 1.165) is 0 Å². The van der Waals surface area contributed by atoms with Gasteiger partial charge in [-0.3, -0.25) is 20.0 Å². The Hall–Kier alpha value is -2.04. The Balaban J connectivity index is 2.79. The van der Waals surface area contributed by atoms with Gasteiger partial charge in [0.15, 0.2) is 17.3 Å². The molecule has 1 N–H and O–H groups in total. The number of ketones is 2. The summed E-state index contributed by atoms with van der Waals surface area (Å²) in [5, 5.41) is 3.72. The molecular weight excluding hydrogens is 194 g/mol. The highest BCUT2D eigenvalue weighted by Gasteiger charge is 2.11. The Morgan fingerprint density at radius 3 is 2.47 bits per heavy atom. The van der Waals surface area contributed by atoms with Gasteiger partial charge in [-0.25, -0.2) is 0 Å². The largest absolute Gasteiger partial charge is 0.293 e. The zero-order chi connectivity index (χ0) is 11.3. The smallest absolute Gasteiger partial charge is 0.183 e. The van der Waals surface area contributed by atoms with E-state index in [1.54, 1.807) is 24.5 Å². The molecule has 78 valence electrons. The van der Waals surface area contributed by atoms with Crippen molar-refractivity contribution in [3.63, 3.8) is 0 Å². The van der Waals surface area contributed by atoms with Gasteiger partial charge in [0.25, 0.3) is 0 Å². The van der Waals surface area contributed by atoms with Crippen LogP contribution in [-0.2, 0) is 9.59 Å². The van der Waals surface area contributed by atoms with Crippen molar-refractivity contribution in [2.24, 2.45) is 5.10 Å². The number of rotatable bonds is 4. The van der Waals surface area contributed by atoms with Gasteiger partial charge in [0.1, 0.15) is 0 Å². The molecule has 0 aliphatic rings. The molecule has 0 aromatic carbocycles. The average Bonchev–Trinajstić information content (AvgIpc) is 2.18. The summed E-state index contributed by atoms with van der Waals surface area (Å²) in [6.45, 7) is 2.59. The van der Waals surface area contributed by atoms with Crippen LogP contribution in [-0.4, -0.2) is 22.3 Å². The summed E-state index contributed by atoms with van der Waals surface area (Å²) in [5.41, 5.74) is 3.12. The number of hydrogen-bond donors (Lipinski definition) is 1. The Kier molecular flexibility index (Phi) is 3.68. The van der Waals surface area contributed by atoms with E-state index in [9.17, 15) is 9.59 Å². The van der Waals surface area contributed by atoms with Crippen molar-refractivity contribution in [1.82, 2.24) is 4.98 Å². The van der Waals surface area contributed by atoms with Crippen molar-refractivity contribution in [2.45, 2.75) is 13.8 Å². The summed E-state index contributed by atoms with van der Waals surface area (Å²) in [6, 6.07) is 3.45. The van der Waals surface area contributed by atoms with Crippen LogP contribution < -0.4 is 5.43 Å². The maximum atomic E-state index is 11.0. The van der Waals surface area contributed by atoms with E-state index in [-0.39, 0.29) is 17.3 Å². The van der Waals surface area contributed by atoms with Gasteiger partial charge in [-0.05, 0) is 12.1 Å². The molecule has 0 fully saturated rings. The third kappa shape index (κ3) is 3.30. The number of Topliss-reactive ketones (excluding diaryl/α,β-unsaturated/α-hetero) is 2. The molecule has 0 radical (unpaired) electrons. The molecule has 0 atom stereocenters. The van der Waals surface area contributed by atoms with Crippen molar-refractivity contribution in [1.29, 1.82) is 0 Å². The summed E-state index contributed by atoms with van der Waals surface area (Å²) in [4.78, 5) is 25.8. The zero-order valence-corrected chi connectivity index (χ0v) is 8.52. The van der Waals surface area contributed by atoms with Gasteiger partial charge in [0.05, 0.1) is 11.9 Å². The zero-order valence-electron chi connectivity index (χ0n) is 8.52. The van der Waals surface area contributed by atoms with E-state index in [0.29, 0.717) is 5.69 Å². The highest BCUT2D eigenvalue weighted by atomic mass is 16.1. The van der Waals surface area contributed by atoms with Crippen LogP contribution in [0.15, 0.2) is 29.6 Å². The van der Waals surface area contributed by atoms with Gasteiger partial charge < -0.3 is 0 Å². The van der Waals surface area contributed by atoms with Crippen LogP contribution >= 0.6 is 0 Å². The van der Waals surface area contributed by atoms with Crippen molar-refractivity contribution in [3.8, 4) is 0 Å². The lowest BCUT2D eigenvalue weighted by Gasteiger charge is -2.00. The monoisotopic (exact) mass is 205 g/mol. The molecule has 1 aromatic rings. The fourth-order valence-electron chi connectivity index (χ4n) is 0.955. The number of carbonyl (C=O) groups excluding carboxylic acids is 2. The molecule has 0 amide bonds. The second-order valence-electron chi connectivity index (χ2n) is 2.93. The molecule has 0 aliphatic heterocycles. The van der Waals surface area contributed by atoms with Gasteiger partial charge in [-0.2, -0.15) is 5.10 Å². The van der Waals surface area contributed by atoms with Crippen LogP contribution in [0.4, 0.5) is 5.69 Å². The molecular formula is C10H11N3O2. The first kappa shape index (κ1) is 11.0. The maximum absolute atomic E-state index is 11.0. The quantitative estimate of drug-likeness (QED) is 0.452. The van der Waals surface area contributed by atoms with Crippen LogP contribution in [0.1, 0.15) is 13.8 Å². The Morgan fingerprint density at radius 2 is 2.00 bits per heavy atom. The average molecular weight is 205 g/mol. The van der Waals surface area contributed by atoms with E-state index in [4.69, 9.17) is 0 Å². The van der Waals surface area contributed by atoms with E-state index in [1.165, 1.54) is 13.8 Å². The van der Waals surface area contributed by atoms with Gasteiger partial charge >= 0.3 is 0 Å². The number of nitrogens with zero attached hydrogens (tertiary/aromatic N) is 2. The summed E-state index contributed by atoms with van der Waals surface area (Å²) in [6.07, 6.45) is 3.16. The van der Waals surface area contributed by atoms with E-state index >= 15 is 0 Å².